The molecule has 0 bridgehead atoms. The van der Waals surface area contributed by atoms with Gasteiger partial charge in [-0.05, 0) is 43.7 Å². The summed E-state index contributed by atoms with van der Waals surface area (Å²) in [5, 5.41) is 14.3. The normalized spacial score (nSPS) is 14.3. The minimum absolute atomic E-state index is 0.00353. The molecule has 9 heteroatoms. The Morgan fingerprint density at radius 2 is 1.91 bits per heavy atom. The lowest BCUT2D eigenvalue weighted by atomic mass is 9.94. The predicted molar refractivity (Wildman–Crippen MR) is 126 cm³/mol. The quantitative estimate of drug-likeness (QED) is 0.332. The third-order valence-corrected chi connectivity index (χ3v) is 6.77. The highest BCUT2D eigenvalue weighted by Gasteiger charge is 2.20. The van der Waals surface area contributed by atoms with E-state index < -0.39 is 10.8 Å². The smallest absolute Gasteiger partial charge is 0.283 e. The SMILES string of the molecule is CN(Cc1ccccc1NC(=O)CSc1ccc(C(N)=O)cc1[N+](=O)[O-])C1CCCCC1. The van der Waals surface area contributed by atoms with Crippen LogP contribution in [0, 0.1) is 10.1 Å². The average Bonchev–Trinajstić information content (AvgIpc) is 2.79. The van der Waals surface area contributed by atoms with Crippen LogP contribution >= 0.6 is 11.8 Å². The molecule has 3 N–H and O–H groups in total. The molecule has 2 aromatic carbocycles. The summed E-state index contributed by atoms with van der Waals surface area (Å²) < 4.78 is 0. The second-order valence-electron chi connectivity index (χ2n) is 8.00. The Morgan fingerprint density at radius 1 is 1.19 bits per heavy atom. The van der Waals surface area contributed by atoms with Crippen LogP contribution in [0.4, 0.5) is 11.4 Å². The Kier molecular flexibility index (Phi) is 8.24. The fourth-order valence-electron chi connectivity index (χ4n) is 3.96. The molecule has 0 saturated heterocycles. The third-order valence-electron chi connectivity index (χ3n) is 5.71. The molecule has 1 aliphatic rings. The first-order valence-electron chi connectivity index (χ1n) is 10.6. The van der Waals surface area contributed by atoms with Gasteiger partial charge in [0.15, 0.2) is 0 Å². The van der Waals surface area contributed by atoms with E-state index in [0.717, 1.165) is 35.6 Å². The summed E-state index contributed by atoms with van der Waals surface area (Å²) in [5.74, 6) is -0.989. The van der Waals surface area contributed by atoms with Crippen LogP contribution in [0.2, 0.25) is 0 Å². The van der Waals surface area contributed by atoms with Gasteiger partial charge in [-0.2, -0.15) is 0 Å². The van der Waals surface area contributed by atoms with E-state index in [1.165, 1.54) is 44.2 Å². The van der Waals surface area contributed by atoms with Crippen LogP contribution in [-0.4, -0.2) is 40.5 Å². The number of nitrogens with zero attached hydrogens (tertiary/aromatic N) is 2. The van der Waals surface area contributed by atoms with Crippen LogP contribution in [0.5, 0.6) is 0 Å². The Labute approximate surface area is 191 Å². The molecule has 170 valence electrons. The molecule has 1 saturated carbocycles. The van der Waals surface area contributed by atoms with Gasteiger partial charge in [0, 0.05) is 29.9 Å². The zero-order valence-corrected chi connectivity index (χ0v) is 18.9. The lowest BCUT2D eigenvalue weighted by Gasteiger charge is -2.31. The summed E-state index contributed by atoms with van der Waals surface area (Å²) >= 11 is 1.05. The van der Waals surface area contributed by atoms with E-state index in [1.807, 2.05) is 24.3 Å². The van der Waals surface area contributed by atoms with Crippen molar-refractivity contribution in [2.24, 2.45) is 5.73 Å². The first-order valence-corrected chi connectivity index (χ1v) is 11.6. The summed E-state index contributed by atoms with van der Waals surface area (Å²) in [6, 6.07) is 12.3. The molecule has 2 aromatic rings. The van der Waals surface area contributed by atoms with Crippen LogP contribution in [0.1, 0.15) is 48.0 Å². The molecule has 0 atom stereocenters. The molecule has 2 amide bonds. The number of nitrogens with one attached hydrogen (secondary N) is 1. The first-order chi connectivity index (χ1) is 15.3. The minimum Gasteiger partial charge on any atom is -0.366 e. The van der Waals surface area contributed by atoms with Crippen LogP contribution in [0.3, 0.4) is 0 Å². The zero-order valence-electron chi connectivity index (χ0n) is 18.1. The number of hydrogen-bond donors (Lipinski definition) is 2. The van der Waals surface area contributed by atoms with Crippen LogP contribution < -0.4 is 11.1 Å². The van der Waals surface area contributed by atoms with E-state index in [-0.39, 0.29) is 22.9 Å². The van der Waals surface area contributed by atoms with E-state index >= 15 is 0 Å². The van der Waals surface area contributed by atoms with Crippen LogP contribution in [0.15, 0.2) is 47.4 Å². The van der Waals surface area contributed by atoms with Crippen molar-refractivity contribution in [3.63, 3.8) is 0 Å². The number of thioether (sulfide) groups is 1. The van der Waals surface area contributed by atoms with Crippen molar-refractivity contribution in [2.75, 3.05) is 18.1 Å². The summed E-state index contributed by atoms with van der Waals surface area (Å²) in [4.78, 5) is 37.3. The van der Waals surface area contributed by atoms with Gasteiger partial charge in [0.2, 0.25) is 11.8 Å². The molecular formula is C23H28N4O4S. The molecule has 3 rings (SSSR count). The number of nitro groups is 1. The van der Waals surface area contributed by atoms with Crippen molar-refractivity contribution >= 4 is 35.0 Å². The maximum Gasteiger partial charge on any atom is 0.283 e. The maximum atomic E-state index is 12.6. The number of para-hydroxylation sites is 1. The molecule has 0 aromatic heterocycles. The highest BCUT2D eigenvalue weighted by atomic mass is 32.2. The van der Waals surface area contributed by atoms with E-state index in [0.29, 0.717) is 10.9 Å². The van der Waals surface area contributed by atoms with Gasteiger partial charge in [0.05, 0.1) is 15.6 Å². The summed E-state index contributed by atoms with van der Waals surface area (Å²) in [7, 11) is 2.12. The standard InChI is InChI=1S/C23H28N4O4S/c1-26(18-8-3-2-4-9-18)14-17-7-5-6-10-19(17)25-22(28)15-32-21-12-11-16(23(24)29)13-20(21)27(30)31/h5-7,10-13,18H,2-4,8-9,14-15H2,1H3,(H2,24,29)(H,25,28). The van der Waals surface area contributed by atoms with Crippen molar-refractivity contribution in [3.05, 3.63) is 63.7 Å². The number of rotatable bonds is 9. The summed E-state index contributed by atoms with van der Waals surface area (Å²) in [6.45, 7) is 0.744. The van der Waals surface area contributed by atoms with Crippen molar-refractivity contribution in [3.8, 4) is 0 Å². The molecule has 1 aliphatic carbocycles. The number of anilines is 1. The number of amides is 2. The molecular weight excluding hydrogens is 428 g/mol. The number of nitro benzene ring substituents is 1. The average molecular weight is 457 g/mol. The van der Waals surface area contributed by atoms with Crippen LogP contribution in [0.25, 0.3) is 0 Å². The molecule has 8 nitrogen and oxygen atoms in total. The zero-order chi connectivity index (χ0) is 23.1. The van der Waals surface area contributed by atoms with Gasteiger partial charge in [-0.1, -0.05) is 37.5 Å². The van der Waals surface area contributed by atoms with Crippen molar-refractivity contribution in [2.45, 2.75) is 49.6 Å². The van der Waals surface area contributed by atoms with Crippen LogP contribution in [-0.2, 0) is 11.3 Å². The lowest BCUT2D eigenvalue weighted by molar-refractivity contribution is -0.387. The number of primary amides is 1. The maximum absolute atomic E-state index is 12.6. The fourth-order valence-corrected chi connectivity index (χ4v) is 4.77. The fraction of sp³-hybridized carbons (Fsp3) is 0.391. The Balaban J connectivity index is 1.63. The van der Waals surface area contributed by atoms with Gasteiger partial charge >= 0.3 is 0 Å². The largest absolute Gasteiger partial charge is 0.366 e. The van der Waals surface area contributed by atoms with Gasteiger partial charge in [0.1, 0.15) is 0 Å². The Bertz CT molecular complexity index is 992. The molecule has 0 heterocycles. The van der Waals surface area contributed by atoms with Crippen molar-refractivity contribution in [1.82, 2.24) is 4.90 Å². The van der Waals surface area contributed by atoms with Gasteiger partial charge in [-0.3, -0.25) is 24.6 Å². The van der Waals surface area contributed by atoms with E-state index in [9.17, 15) is 19.7 Å². The van der Waals surface area contributed by atoms with Crippen molar-refractivity contribution in [1.29, 1.82) is 0 Å². The molecule has 1 fully saturated rings. The third kappa shape index (κ3) is 6.30. The topological polar surface area (TPSA) is 119 Å². The molecule has 0 aliphatic heterocycles. The van der Waals surface area contributed by atoms with Crippen molar-refractivity contribution < 1.29 is 14.5 Å². The second-order valence-corrected chi connectivity index (χ2v) is 9.02. The molecule has 0 spiro atoms. The summed E-state index contributed by atoms with van der Waals surface area (Å²) in [6.07, 6.45) is 6.23. The number of carbonyl (C=O) groups is 2. The predicted octanol–water partition coefficient (Wildman–Crippen LogP) is 4.19. The van der Waals surface area contributed by atoms with E-state index in [2.05, 4.69) is 17.3 Å². The number of benzene rings is 2. The minimum atomic E-state index is -0.739. The number of hydrogen-bond acceptors (Lipinski definition) is 6. The Hall–Kier alpha value is -2.91. The summed E-state index contributed by atoms with van der Waals surface area (Å²) in [5.41, 5.74) is 6.80. The molecule has 32 heavy (non-hydrogen) atoms. The van der Waals surface area contributed by atoms with E-state index in [1.54, 1.807) is 0 Å². The number of carbonyl (C=O) groups excluding carboxylic acids is 2. The van der Waals surface area contributed by atoms with Gasteiger partial charge in [-0.15, -0.1) is 11.8 Å². The lowest BCUT2D eigenvalue weighted by Crippen LogP contribution is -2.33. The highest BCUT2D eigenvalue weighted by Crippen LogP contribution is 2.30. The molecule has 0 radical (unpaired) electrons. The number of nitrogens with two attached hydrogens (primary N) is 1. The monoisotopic (exact) mass is 456 g/mol. The van der Waals surface area contributed by atoms with Gasteiger partial charge < -0.3 is 11.1 Å². The Morgan fingerprint density at radius 3 is 2.59 bits per heavy atom. The van der Waals surface area contributed by atoms with E-state index in [4.69, 9.17) is 5.73 Å². The van der Waals surface area contributed by atoms with Gasteiger partial charge in [0.25, 0.3) is 5.69 Å². The second kappa shape index (κ2) is 11.1. The van der Waals surface area contributed by atoms with Gasteiger partial charge in [-0.25, -0.2) is 0 Å². The highest BCUT2D eigenvalue weighted by molar-refractivity contribution is 8.00. The molecule has 0 unspecified atom stereocenters. The first kappa shape index (κ1) is 23.7.